The van der Waals surface area contributed by atoms with Crippen LogP contribution in [0.25, 0.3) is 0 Å². The van der Waals surface area contributed by atoms with Gasteiger partial charge < -0.3 is 5.73 Å². The number of thiol groups is 1. The first-order valence-electron chi connectivity index (χ1n) is 3.31. The molecule has 0 aromatic rings. The highest BCUT2D eigenvalue weighted by Gasteiger charge is 2.38. The highest BCUT2D eigenvalue weighted by Crippen LogP contribution is 2.22. The predicted octanol–water partition coefficient (Wildman–Crippen LogP) is -0.0591. The van der Waals surface area contributed by atoms with Gasteiger partial charge in [0.1, 0.15) is 0 Å². The zero-order valence-electron chi connectivity index (χ0n) is 7.23. The SMILES string of the molecule is CC(C)(C)S(=O)(=O)C(S)C(N)=O. The summed E-state index contributed by atoms with van der Waals surface area (Å²) in [7, 11) is -3.59. The molecule has 0 aliphatic rings. The molecule has 2 N–H and O–H groups in total. The van der Waals surface area contributed by atoms with Crippen molar-refractivity contribution >= 4 is 28.4 Å². The molecule has 0 aliphatic carbocycles. The Bertz CT molecular complexity index is 276. The van der Waals surface area contributed by atoms with Crippen LogP contribution in [0.2, 0.25) is 0 Å². The molecule has 1 unspecified atom stereocenters. The lowest BCUT2D eigenvalue weighted by molar-refractivity contribution is -0.116. The molecule has 6 heteroatoms. The average molecular weight is 211 g/mol. The van der Waals surface area contributed by atoms with Crippen molar-refractivity contribution in [2.24, 2.45) is 5.73 Å². The van der Waals surface area contributed by atoms with Gasteiger partial charge in [0.05, 0.1) is 4.75 Å². The number of nitrogens with two attached hydrogens (primary N) is 1. The second-order valence-electron chi connectivity index (χ2n) is 3.41. The van der Waals surface area contributed by atoms with Gasteiger partial charge in [-0.15, -0.1) is 0 Å². The molecule has 0 saturated carbocycles. The van der Waals surface area contributed by atoms with E-state index in [4.69, 9.17) is 5.73 Å². The second-order valence-corrected chi connectivity index (χ2v) is 7.06. The third kappa shape index (κ3) is 2.13. The fourth-order valence-corrected chi connectivity index (χ4v) is 2.41. The molecule has 0 bridgehead atoms. The number of hydrogen-bond donors (Lipinski definition) is 2. The van der Waals surface area contributed by atoms with Gasteiger partial charge in [-0.2, -0.15) is 12.6 Å². The number of hydrogen-bond acceptors (Lipinski definition) is 4. The lowest BCUT2D eigenvalue weighted by atomic mass is 10.3. The van der Waals surface area contributed by atoms with Crippen LogP contribution in [-0.4, -0.2) is 23.7 Å². The molecule has 0 saturated heterocycles. The summed E-state index contributed by atoms with van der Waals surface area (Å²) in [5.41, 5.74) is 4.82. The monoisotopic (exact) mass is 211 g/mol. The van der Waals surface area contributed by atoms with Crippen molar-refractivity contribution in [3.63, 3.8) is 0 Å². The van der Waals surface area contributed by atoms with E-state index in [0.29, 0.717) is 0 Å². The summed E-state index contributed by atoms with van der Waals surface area (Å²) in [4.78, 5) is 10.6. The lowest BCUT2D eigenvalue weighted by Crippen LogP contribution is -2.41. The van der Waals surface area contributed by atoms with Crippen LogP contribution in [0.15, 0.2) is 0 Å². The largest absolute Gasteiger partial charge is 0.368 e. The van der Waals surface area contributed by atoms with Crippen LogP contribution in [-0.2, 0) is 14.6 Å². The molecule has 0 radical (unpaired) electrons. The smallest absolute Gasteiger partial charge is 0.245 e. The lowest BCUT2D eigenvalue weighted by Gasteiger charge is -2.21. The van der Waals surface area contributed by atoms with Gasteiger partial charge in [0.15, 0.2) is 14.4 Å². The summed E-state index contributed by atoms with van der Waals surface area (Å²) >= 11 is 3.64. The fraction of sp³-hybridized carbons (Fsp3) is 0.833. The van der Waals surface area contributed by atoms with Gasteiger partial charge in [-0.3, -0.25) is 4.79 Å². The molecular weight excluding hydrogens is 198 g/mol. The van der Waals surface area contributed by atoms with Crippen molar-refractivity contribution in [1.82, 2.24) is 0 Å². The number of primary amides is 1. The molecule has 1 amide bonds. The summed E-state index contributed by atoms with van der Waals surface area (Å²) in [6.45, 7) is 4.48. The van der Waals surface area contributed by atoms with Crippen molar-refractivity contribution in [2.75, 3.05) is 0 Å². The fourth-order valence-electron chi connectivity index (χ4n) is 0.488. The summed E-state index contributed by atoms with van der Waals surface area (Å²) in [6, 6.07) is 0. The number of rotatable bonds is 2. The first-order chi connectivity index (χ1) is 5.10. The Morgan fingerprint density at radius 2 is 1.75 bits per heavy atom. The average Bonchev–Trinajstić information content (AvgIpc) is 1.83. The molecule has 0 aromatic heterocycles. The number of carbonyl (C=O) groups excluding carboxylic acids is 1. The second kappa shape index (κ2) is 3.26. The number of sulfone groups is 1. The van der Waals surface area contributed by atoms with Gasteiger partial charge >= 0.3 is 0 Å². The van der Waals surface area contributed by atoms with Crippen LogP contribution < -0.4 is 5.73 Å². The van der Waals surface area contributed by atoms with Crippen LogP contribution in [0.1, 0.15) is 20.8 Å². The Kier molecular flexibility index (Phi) is 3.19. The summed E-state index contributed by atoms with van der Waals surface area (Å²) < 4.78 is 20.4. The van der Waals surface area contributed by atoms with E-state index >= 15 is 0 Å². The predicted molar refractivity (Wildman–Crippen MR) is 50.6 cm³/mol. The standard InChI is InChI=1S/C6H13NO3S2/c1-6(2,3)12(9,10)5(11)4(7)8/h5,11H,1-3H3,(H2,7,8). The van der Waals surface area contributed by atoms with Crippen LogP contribution >= 0.6 is 12.6 Å². The van der Waals surface area contributed by atoms with E-state index in [0.717, 1.165) is 0 Å². The van der Waals surface area contributed by atoms with E-state index in [1.54, 1.807) is 0 Å². The summed E-state index contributed by atoms with van der Waals surface area (Å²) in [5, 5.41) is 0. The van der Waals surface area contributed by atoms with Gasteiger partial charge in [-0.25, -0.2) is 8.42 Å². The third-order valence-electron chi connectivity index (χ3n) is 1.39. The molecule has 72 valence electrons. The number of carbonyl (C=O) groups is 1. The third-order valence-corrected chi connectivity index (χ3v) is 5.01. The Hall–Kier alpha value is -0.230. The summed E-state index contributed by atoms with van der Waals surface area (Å²) in [6.07, 6.45) is 0. The highest BCUT2D eigenvalue weighted by atomic mass is 32.2. The van der Waals surface area contributed by atoms with E-state index in [-0.39, 0.29) is 0 Å². The molecule has 0 rings (SSSR count). The molecule has 12 heavy (non-hydrogen) atoms. The van der Waals surface area contributed by atoms with Crippen LogP contribution in [0, 0.1) is 0 Å². The van der Waals surface area contributed by atoms with E-state index in [1.165, 1.54) is 20.8 Å². The van der Waals surface area contributed by atoms with Crippen LogP contribution in [0.5, 0.6) is 0 Å². The Morgan fingerprint density at radius 3 is 1.83 bits per heavy atom. The van der Waals surface area contributed by atoms with E-state index in [9.17, 15) is 13.2 Å². The molecule has 0 spiro atoms. The van der Waals surface area contributed by atoms with Gasteiger partial charge in [-0.05, 0) is 20.8 Å². The number of amides is 1. The van der Waals surface area contributed by atoms with Gasteiger partial charge in [-0.1, -0.05) is 0 Å². The Morgan fingerprint density at radius 1 is 1.42 bits per heavy atom. The maximum absolute atomic E-state index is 11.4. The van der Waals surface area contributed by atoms with Crippen molar-refractivity contribution < 1.29 is 13.2 Å². The maximum atomic E-state index is 11.4. The minimum Gasteiger partial charge on any atom is -0.368 e. The molecule has 0 aliphatic heterocycles. The topological polar surface area (TPSA) is 77.2 Å². The van der Waals surface area contributed by atoms with Crippen molar-refractivity contribution in [2.45, 2.75) is 30.1 Å². The Balaban J connectivity index is 5.03. The van der Waals surface area contributed by atoms with E-state index in [1.807, 2.05) is 0 Å². The highest BCUT2D eigenvalue weighted by molar-refractivity contribution is 8.06. The first-order valence-corrected chi connectivity index (χ1v) is 5.38. The molecule has 4 nitrogen and oxygen atoms in total. The molecule has 0 heterocycles. The van der Waals surface area contributed by atoms with Crippen molar-refractivity contribution in [3.8, 4) is 0 Å². The van der Waals surface area contributed by atoms with Crippen molar-refractivity contribution in [3.05, 3.63) is 0 Å². The van der Waals surface area contributed by atoms with Gasteiger partial charge in [0.25, 0.3) is 0 Å². The van der Waals surface area contributed by atoms with E-state index < -0.39 is 25.1 Å². The van der Waals surface area contributed by atoms with Crippen LogP contribution in [0.4, 0.5) is 0 Å². The zero-order valence-corrected chi connectivity index (χ0v) is 8.95. The van der Waals surface area contributed by atoms with E-state index in [2.05, 4.69) is 12.6 Å². The van der Waals surface area contributed by atoms with Gasteiger partial charge in [0.2, 0.25) is 5.91 Å². The molecule has 0 fully saturated rings. The quantitative estimate of drug-likeness (QED) is 0.628. The maximum Gasteiger partial charge on any atom is 0.245 e. The molecule has 1 atom stereocenters. The minimum atomic E-state index is -3.59. The first kappa shape index (κ1) is 11.8. The van der Waals surface area contributed by atoms with Crippen molar-refractivity contribution in [1.29, 1.82) is 0 Å². The minimum absolute atomic E-state index is 0.937. The molecule has 0 aromatic carbocycles. The summed E-state index contributed by atoms with van der Waals surface area (Å²) in [5.74, 6) is -0.937. The normalized spacial score (nSPS) is 15.7. The van der Waals surface area contributed by atoms with Gasteiger partial charge in [0, 0.05) is 0 Å². The Labute approximate surface area is 77.8 Å². The molecular formula is C6H13NO3S2. The zero-order chi connectivity index (χ0) is 10.2. The van der Waals surface area contributed by atoms with Crippen LogP contribution in [0.3, 0.4) is 0 Å².